The molecule has 0 aliphatic heterocycles. The van der Waals surface area contributed by atoms with Gasteiger partial charge in [-0.25, -0.2) is 4.79 Å². The molecule has 7 heteroatoms. The zero-order chi connectivity index (χ0) is 21.4. The Morgan fingerprint density at radius 2 is 1.66 bits per heavy atom. The molecule has 1 atom stereocenters. The van der Waals surface area contributed by atoms with Crippen LogP contribution in [0.1, 0.15) is 29.8 Å². The summed E-state index contributed by atoms with van der Waals surface area (Å²) in [5.74, 6) is -1.27. The van der Waals surface area contributed by atoms with Crippen LogP contribution in [0.3, 0.4) is 0 Å². The molecule has 2 aromatic carbocycles. The fourth-order valence-corrected chi connectivity index (χ4v) is 2.59. The summed E-state index contributed by atoms with van der Waals surface area (Å²) in [6.45, 7) is 5.03. The van der Waals surface area contributed by atoms with E-state index in [0.29, 0.717) is 17.0 Å². The monoisotopic (exact) mass is 398 g/mol. The number of carbonyl (C=O) groups excluding carboxylic acids is 3. The molecule has 7 nitrogen and oxygen atoms in total. The number of benzene rings is 2. The first kappa shape index (κ1) is 21.9. The maximum absolute atomic E-state index is 12.4. The van der Waals surface area contributed by atoms with E-state index in [1.807, 2.05) is 19.1 Å². The van der Waals surface area contributed by atoms with E-state index in [-0.39, 0.29) is 11.8 Å². The maximum atomic E-state index is 12.4. The van der Waals surface area contributed by atoms with Crippen molar-refractivity contribution in [2.45, 2.75) is 26.8 Å². The largest absolute Gasteiger partial charge is 0.495 e. The third-order valence-corrected chi connectivity index (χ3v) is 4.25. The molecule has 0 aliphatic carbocycles. The van der Waals surface area contributed by atoms with Crippen LogP contribution in [0.15, 0.2) is 48.5 Å². The highest BCUT2D eigenvalue weighted by molar-refractivity contribution is 5.98. The topological polar surface area (TPSA) is 93.7 Å². The Labute approximate surface area is 170 Å². The van der Waals surface area contributed by atoms with E-state index >= 15 is 0 Å². The number of ether oxygens (including phenoxy) is 2. The smallest absolute Gasteiger partial charge is 0.329 e. The highest BCUT2D eigenvalue weighted by Gasteiger charge is 2.26. The summed E-state index contributed by atoms with van der Waals surface area (Å²) in [6.07, 6.45) is 0. The number of hydrogen-bond acceptors (Lipinski definition) is 5. The van der Waals surface area contributed by atoms with Gasteiger partial charge in [0.1, 0.15) is 11.8 Å². The van der Waals surface area contributed by atoms with Gasteiger partial charge < -0.3 is 20.1 Å². The standard InChI is InChI=1S/C22H26N2O5/c1-14(2)20(24-21(26)16-11-9-15(3)10-12-16)22(27)29-13-19(25)23-17-7-5-6-8-18(17)28-4/h5-12,14,20H,13H2,1-4H3,(H,23,25)(H,24,26). The fourth-order valence-electron chi connectivity index (χ4n) is 2.59. The van der Waals surface area contributed by atoms with Crippen LogP contribution in [0.2, 0.25) is 0 Å². The number of aryl methyl sites for hydroxylation is 1. The van der Waals surface area contributed by atoms with Gasteiger partial charge in [0.25, 0.3) is 11.8 Å². The minimum Gasteiger partial charge on any atom is -0.495 e. The lowest BCUT2D eigenvalue weighted by Gasteiger charge is -2.21. The van der Waals surface area contributed by atoms with E-state index in [2.05, 4.69) is 10.6 Å². The molecule has 2 rings (SSSR count). The first-order valence-corrected chi connectivity index (χ1v) is 9.29. The van der Waals surface area contributed by atoms with Crippen molar-refractivity contribution in [2.75, 3.05) is 19.0 Å². The van der Waals surface area contributed by atoms with Crippen LogP contribution in [-0.2, 0) is 14.3 Å². The van der Waals surface area contributed by atoms with Crippen LogP contribution in [0.25, 0.3) is 0 Å². The van der Waals surface area contributed by atoms with Gasteiger partial charge in [-0.05, 0) is 37.1 Å². The molecule has 0 bridgehead atoms. The number of nitrogens with one attached hydrogen (secondary N) is 2. The van der Waals surface area contributed by atoms with Gasteiger partial charge >= 0.3 is 5.97 Å². The number of esters is 1. The van der Waals surface area contributed by atoms with Crippen LogP contribution in [0.5, 0.6) is 5.75 Å². The normalized spacial score (nSPS) is 11.5. The Balaban J connectivity index is 1.94. The fraction of sp³-hybridized carbons (Fsp3) is 0.318. The van der Waals surface area contributed by atoms with Crippen molar-refractivity contribution in [3.8, 4) is 5.75 Å². The second kappa shape index (κ2) is 10.3. The van der Waals surface area contributed by atoms with Crippen LogP contribution >= 0.6 is 0 Å². The molecule has 0 aromatic heterocycles. The summed E-state index contributed by atoms with van der Waals surface area (Å²) in [7, 11) is 1.50. The number of hydrogen-bond donors (Lipinski definition) is 2. The number of amides is 2. The highest BCUT2D eigenvalue weighted by atomic mass is 16.5. The third-order valence-electron chi connectivity index (χ3n) is 4.25. The van der Waals surface area contributed by atoms with Gasteiger partial charge in [0.15, 0.2) is 6.61 Å². The molecule has 0 fully saturated rings. The molecule has 2 aromatic rings. The average molecular weight is 398 g/mol. The second-order valence-corrected chi connectivity index (χ2v) is 6.92. The molecule has 0 radical (unpaired) electrons. The lowest BCUT2D eigenvalue weighted by Crippen LogP contribution is -2.45. The first-order valence-electron chi connectivity index (χ1n) is 9.29. The van der Waals surface area contributed by atoms with Crippen molar-refractivity contribution in [2.24, 2.45) is 5.92 Å². The van der Waals surface area contributed by atoms with Crippen molar-refractivity contribution in [3.63, 3.8) is 0 Å². The molecular weight excluding hydrogens is 372 g/mol. The van der Waals surface area contributed by atoms with E-state index in [1.165, 1.54) is 7.11 Å². The highest BCUT2D eigenvalue weighted by Crippen LogP contribution is 2.22. The van der Waals surface area contributed by atoms with Crippen molar-refractivity contribution in [1.82, 2.24) is 5.32 Å². The molecular formula is C22H26N2O5. The van der Waals surface area contributed by atoms with E-state index in [9.17, 15) is 14.4 Å². The Morgan fingerprint density at radius 3 is 2.28 bits per heavy atom. The lowest BCUT2D eigenvalue weighted by atomic mass is 10.0. The maximum Gasteiger partial charge on any atom is 0.329 e. The van der Waals surface area contributed by atoms with Gasteiger partial charge in [-0.1, -0.05) is 43.7 Å². The van der Waals surface area contributed by atoms with Gasteiger partial charge in [0, 0.05) is 5.56 Å². The summed E-state index contributed by atoms with van der Waals surface area (Å²) in [5.41, 5.74) is 1.95. The van der Waals surface area contributed by atoms with Gasteiger partial charge in [-0.15, -0.1) is 0 Å². The van der Waals surface area contributed by atoms with Gasteiger partial charge in [-0.3, -0.25) is 9.59 Å². The van der Waals surface area contributed by atoms with Crippen LogP contribution < -0.4 is 15.4 Å². The van der Waals surface area contributed by atoms with Crippen molar-refractivity contribution >= 4 is 23.5 Å². The average Bonchev–Trinajstić information content (AvgIpc) is 2.70. The Bertz CT molecular complexity index is 862. The Kier molecular flexibility index (Phi) is 7.77. The molecule has 1 unspecified atom stereocenters. The van der Waals surface area contributed by atoms with Gasteiger partial charge in [0.2, 0.25) is 0 Å². The van der Waals surface area contributed by atoms with E-state index in [0.717, 1.165) is 5.56 Å². The number of anilines is 1. The van der Waals surface area contributed by atoms with Crippen LogP contribution in [-0.4, -0.2) is 37.5 Å². The summed E-state index contributed by atoms with van der Waals surface area (Å²) >= 11 is 0. The molecule has 154 valence electrons. The second-order valence-electron chi connectivity index (χ2n) is 6.92. The summed E-state index contributed by atoms with van der Waals surface area (Å²) in [4.78, 5) is 37.0. The summed E-state index contributed by atoms with van der Waals surface area (Å²) < 4.78 is 10.3. The molecule has 0 saturated heterocycles. The summed E-state index contributed by atoms with van der Waals surface area (Å²) in [5, 5.41) is 5.31. The number of para-hydroxylation sites is 2. The molecule has 0 aliphatic rings. The molecule has 0 heterocycles. The van der Waals surface area contributed by atoms with E-state index in [1.54, 1.807) is 50.2 Å². The predicted octanol–water partition coefficient (Wildman–Crippen LogP) is 2.94. The Morgan fingerprint density at radius 1 is 1.00 bits per heavy atom. The zero-order valence-corrected chi connectivity index (χ0v) is 17.0. The number of carbonyl (C=O) groups is 3. The first-order chi connectivity index (χ1) is 13.8. The number of rotatable bonds is 8. The molecule has 0 spiro atoms. The van der Waals surface area contributed by atoms with Gasteiger partial charge in [-0.2, -0.15) is 0 Å². The van der Waals surface area contributed by atoms with Crippen LogP contribution in [0.4, 0.5) is 5.69 Å². The minimum atomic E-state index is -0.872. The lowest BCUT2D eigenvalue weighted by molar-refractivity contribution is -0.150. The SMILES string of the molecule is COc1ccccc1NC(=O)COC(=O)C(NC(=O)c1ccc(C)cc1)C(C)C. The molecule has 2 amide bonds. The van der Waals surface area contributed by atoms with E-state index in [4.69, 9.17) is 9.47 Å². The summed E-state index contributed by atoms with van der Waals surface area (Å²) in [6, 6.07) is 13.1. The van der Waals surface area contributed by atoms with Crippen molar-refractivity contribution in [3.05, 3.63) is 59.7 Å². The molecule has 29 heavy (non-hydrogen) atoms. The van der Waals surface area contributed by atoms with Crippen molar-refractivity contribution < 1.29 is 23.9 Å². The Hall–Kier alpha value is -3.35. The zero-order valence-electron chi connectivity index (χ0n) is 17.0. The van der Waals surface area contributed by atoms with E-state index < -0.39 is 24.5 Å². The van der Waals surface area contributed by atoms with Gasteiger partial charge in [0.05, 0.1) is 12.8 Å². The molecule has 0 saturated carbocycles. The van der Waals surface area contributed by atoms with Crippen LogP contribution in [0, 0.1) is 12.8 Å². The van der Waals surface area contributed by atoms with Crippen molar-refractivity contribution in [1.29, 1.82) is 0 Å². The number of methoxy groups -OCH3 is 1. The molecule has 2 N–H and O–H groups in total. The predicted molar refractivity (Wildman–Crippen MR) is 110 cm³/mol. The third kappa shape index (κ3) is 6.34. The quantitative estimate of drug-likeness (QED) is 0.667. The minimum absolute atomic E-state index is 0.214.